The van der Waals surface area contributed by atoms with Crippen LogP contribution in [0, 0.1) is 0 Å². The predicted octanol–water partition coefficient (Wildman–Crippen LogP) is -0.167. The molecule has 1 aromatic heterocycles. The normalized spacial score (nSPS) is 20.4. The number of hydrogen-bond acceptors (Lipinski definition) is 4. The smallest absolute Gasteiger partial charge is 0.274 e. The van der Waals surface area contributed by atoms with Crippen LogP contribution in [0.2, 0.25) is 0 Å². The number of carbonyl (C=O) groups excluding carboxylic acids is 1. The minimum atomic E-state index is 0.0805. The van der Waals surface area contributed by atoms with Crippen LogP contribution in [0.15, 0.2) is 0 Å². The van der Waals surface area contributed by atoms with Gasteiger partial charge >= 0.3 is 0 Å². The van der Waals surface area contributed by atoms with E-state index in [9.17, 15) is 4.79 Å². The first-order chi connectivity index (χ1) is 9.29. The van der Waals surface area contributed by atoms with E-state index in [4.69, 9.17) is 0 Å². The van der Waals surface area contributed by atoms with Gasteiger partial charge in [-0.25, -0.2) is 0 Å². The fraction of sp³-hybridized carbons (Fsp3) is 0.692. The van der Waals surface area contributed by atoms with Crippen LogP contribution in [0.25, 0.3) is 0 Å². The Bertz CT molecular complexity index is 462. The number of nitrogens with zero attached hydrogens (tertiary/aromatic N) is 3. The Morgan fingerprint density at radius 1 is 1.32 bits per heavy atom. The van der Waals surface area contributed by atoms with Gasteiger partial charge in [0, 0.05) is 56.9 Å². The number of nitrogens with one attached hydrogen (secondary N) is 2. The largest absolute Gasteiger partial charge is 0.335 e. The van der Waals surface area contributed by atoms with E-state index in [0.717, 1.165) is 63.5 Å². The molecule has 1 saturated heterocycles. The summed E-state index contributed by atoms with van der Waals surface area (Å²) in [5.41, 5.74) is 2.80. The Balaban J connectivity index is 1.72. The van der Waals surface area contributed by atoms with E-state index < -0.39 is 0 Å². The van der Waals surface area contributed by atoms with Crippen LogP contribution in [-0.4, -0.2) is 65.2 Å². The highest BCUT2D eigenvalue weighted by Gasteiger charge is 2.27. The molecule has 6 heteroatoms. The summed E-state index contributed by atoms with van der Waals surface area (Å²) in [5.74, 6) is 0.0805. The van der Waals surface area contributed by atoms with Gasteiger partial charge < -0.3 is 15.1 Å². The maximum absolute atomic E-state index is 12.5. The maximum atomic E-state index is 12.5. The molecule has 1 fully saturated rings. The number of aromatic amines is 1. The number of piperazine rings is 1. The second-order valence-electron chi connectivity index (χ2n) is 5.18. The molecule has 19 heavy (non-hydrogen) atoms. The van der Waals surface area contributed by atoms with Crippen molar-refractivity contribution >= 4 is 5.91 Å². The van der Waals surface area contributed by atoms with Crippen LogP contribution in [0.5, 0.6) is 0 Å². The number of fused-ring (bicyclic) bond motifs is 1. The lowest BCUT2D eigenvalue weighted by Gasteiger charge is -2.33. The molecular weight excluding hydrogens is 242 g/mol. The summed E-state index contributed by atoms with van der Waals surface area (Å²) in [5, 5.41) is 10.6. The molecule has 0 radical (unpaired) electrons. The Hall–Kier alpha value is -1.40. The third-order valence-corrected chi connectivity index (χ3v) is 4.12. The molecule has 0 unspecified atom stereocenters. The maximum Gasteiger partial charge on any atom is 0.274 e. The van der Waals surface area contributed by atoms with E-state index >= 15 is 0 Å². The summed E-state index contributed by atoms with van der Waals surface area (Å²) in [6, 6.07) is 0. The van der Waals surface area contributed by atoms with Crippen molar-refractivity contribution in [1.82, 2.24) is 25.3 Å². The molecule has 2 aliphatic heterocycles. The zero-order valence-corrected chi connectivity index (χ0v) is 11.4. The highest BCUT2D eigenvalue weighted by molar-refractivity contribution is 5.94. The topological polar surface area (TPSA) is 64.3 Å². The van der Waals surface area contributed by atoms with Gasteiger partial charge in [-0.1, -0.05) is 6.92 Å². The highest BCUT2D eigenvalue weighted by atomic mass is 16.2. The van der Waals surface area contributed by atoms with E-state index in [0.29, 0.717) is 5.69 Å². The van der Waals surface area contributed by atoms with Crippen molar-refractivity contribution in [3.8, 4) is 0 Å². The number of H-pyrrole nitrogens is 1. The number of hydrogen-bond donors (Lipinski definition) is 2. The standard InChI is InChI=1S/C13H21N5O/c1-2-17-5-7-18(8-6-17)13(19)12-10-9-14-4-3-11(10)15-16-12/h14H,2-9H2,1H3,(H,15,16). The van der Waals surface area contributed by atoms with Crippen molar-refractivity contribution in [1.29, 1.82) is 0 Å². The Morgan fingerprint density at radius 2 is 2.11 bits per heavy atom. The number of aromatic nitrogens is 2. The molecule has 0 aliphatic carbocycles. The number of likely N-dealkylation sites (N-methyl/N-ethyl adjacent to an activating group) is 1. The van der Waals surface area contributed by atoms with Crippen molar-refractivity contribution in [3.05, 3.63) is 17.0 Å². The molecule has 2 N–H and O–H groups in total. The summed E-state index contributed by atoms with van der Waals surface area (Å²) in [4.78, 5) is 16.8. The van der Waals surface area contributed by atoms with Gasteiger partial charge in [0.15, 0.2) is 5.69 Å². The summed E-state index contributed by atoms with van der Waals surface area (Å²) >= 11 is 0. The fourth-order valence-corrected chi connectivity index (χ4v) is 2.82. The molecule has 104 valence electrons. The average Bonchev–Trinajstić information content (AvgIpc) is 2.90. The lowest BCUT2D eigenvalue weighted by atomic mass is 10.1. The van der Waals surface area contributed by atoms with Crippen LogP contribution >= 0.6 is 0 Å². The number of rotatable bonds is 2. The van der Waals surface area contributed by atoms with Crippen LogP contribution in [0.4, 0.5) is 0 Å². The van der Waals surface area contributed by atoms with Crippen molar-refractivity contribution < 1.29 is 4.79 Å². The molecule has 3 heterocycles. The third kappa shape index (κ3) is 2.37. The Labute approximate surface area is 113 Å². The van der Waals surface area contributed by atoms with Gasteiger partial charge in [-0.05, 0) is 6.54 Å². The zero-order chi connectivity index (χ0) is 13.2. The molecular formula is C13H21N5O. The minimum Gasteiger partial charge on any atom is -0.335 e. The van der Waals surface area contributed by atoms with Crippen LogP contribution in [-0.2, 0) is 13.0 Å². The quantitative estimate of drug-likeness (QED) is 0.778. The van der Waals surface area contributed by atoms with Gasteiger partial charge in [-0.2, -0.15) is 5.10 Å². The Kier molecular flexibility index (Phi) is 3.52. The second kappa shape index (κ2) is 5.30. The molecule has 3 rings (SSSR count). The van der Waals surface area contributed by atoms with Crippen molar-refractivity contribution in [3.63, 3.8) is 0 Å². The van der Waals surface area contributed by atoms with Crippen LogP contribution < -0.4 is 5.32 Å². The molecule has 1 aromatic rings. The lowest BCUT2D eigenvalue weighted by molar-refractivity contribution is 0.0636. The van der Waals surface area contributed by atoms with Crippen LogP contribution in [0.3, 0.4) is 0 Å². The molecule has 0 bridgehead atoms. The lowest BCUT2D eigenvalue weighted by Crippen LogP contribution is -2.48. The number of carbonyl (C=O) groups is 1. The van der Waals surface area contributed by atoms with Gasteiger partial charge in [-0.15, -0.1) is 0 Å². The first-order valence-corrected chi connectivity index (χ1v) is 7.08. The van der Waals surface area contributed by atoms with Gasteiger partial charge in [0.25, 0.3) is 5.91 Å². The van der Waals surface area contributed by atoms with Gasteiger partial charge in [0.05, 0.1) is 0 Å². The van der Waals surface area contributed by atoms with Gasteiger partial charge in [0.1, 0.15) is 0 Å². The molecule has 0 saturated carbocycles. The van der Waals surface area contributed by atoms with Gasteiger partial charge in [-0.3, -0.25) is 9.89 Å². The van der Waals surface area contributed by atoms with E-state index in [1.807, 2.05) is 4.90 Å². The van der Waals surface area contributed by atoms with E-state index in [1.54, 1.807) is 0 Å². The van der Waals surface area contributed by atoms with E-state index in [2.05, 4.69) is 27.3 Å². The monoisotopic (exact) mass is 263 g/mol. The first-order valence-electron chi connectivity index (χ1n) is 7.08. The first kappa shape index (κ1) is 12.6. The minimum absolute atomic E-state index is 0.0805. The summed E-state index contributed by atoms with van der Waals surface area (Å²) < 4.78 is 0. The van der Waals surface area contributed by atoms with Gasteiger partial charge in [0.2, 0.25) is 0 Å². The predicted molar refractivity (Wildman–Crippen MR) is 72.0 cm³/mol. The van der Waals surface area contributed by atoms with E-state index in [1.165, 1.54) is 0 Å². The second-order valence-corrected chi connectivity index (χ2v) is 5.18. The molecule has 1 amide bonds. The van der Waals surface area contributed by atoms with E-state index in [-0.39, 0.29) is 5.91 Å². The number of amides is 1. The third-order valence-electron chi connectivity index (χ3n) is 4.12. The van der Waals surface area contributed by atoms with Crippen molar-refractivity contribution in [2.24, 2.45) is 0 Å². The average molecular weight is 263 g/mol. The fourth-order valence-electron chi connectivity index (χ4n) is 2.82. The highest BCUT2D eigenvalue weighted by Crippen LogP contribution is 2.17. The molecule has 0 spiro atoms. The van der Waals surface area contributed by atoms with Crippen LogP contribution in [0.1, 0.15) is 28.7 Å². The summed E-state index contributed by atoms with van der Waals surface area (Å²) in [7, 11) is 0. The molecule has 0 atom stereocenters. The molecule has 2 aliphatic rings. The Morgan fingerprint density at radius 3 is 2.84 bits per heavy atom. The summed E-state index contributed by atoms with van der Waals surface area (Å²) in [6.07, 6.45) is 0.930. The zero-order valence-electron chi connectivity index (χ0n) is 11.4. The molecule has 0 aromatic carbocycles. The molecule has 6 nitrogen and oxygen atoms in total. The van der Waals surface area contributed by atoms with Crippen molar-refractivity contribution in [2.75, 3.05) is 39.3 Å². The SMILES string of the molecule is CCN1CCN(C(=O)c2n[nH]c3c2CNCC3)CC1. The summed E-state index contributed by atoms with van der Waals surface area (Å²) in [6.45, 7) is 8.47. The van der Waals surface area contributed by atoms with Crippen molar-refractivity contribution in [2.45, 2.75) is 19.9 Å².